The molecular formula is C13H17BrFNO2. The highest BCUT2D eigenvalue weighted by Crippen LogP contribution is 2.18. The van der Waals surface area contributed by atoms with Gasteiger partial charge in [-0.15, -0.1) is 0 Å². The highest BCUT2D eigenvalue weighted by atomic mass is 79.9. The van der Waals surface area contributed by atoms with Crippen LogP contribution in [0, 0.1) is 5.82 Å². The lowest BCUT2D eigenvalue weighted by Gasteiger charge is -2.07. The number of ether oxygens (including phenoxy) is 1. The molecule has 100 valence electrons. The van der Waals surface area contributed by atoms with Crippen LogP contribution in [0.5, 0.6) is 0 Å². The molecule has 0 atom stereocenters. The van der Waals surface area contributed by atoms with E-state index < -0.39 is 11.7 Å². The van der Waals surface area contributed by atoms with E-state index in [0.717, 1.165) is 12.8 Å². The van der Waals surface area contributed by atoms with E-state index in [1.165, 1.54) is 6.07 Å². The average Bonchev–Trinajstić information content (AvgIpc) is 2.36. The summed E-state index contributed by atoms with van der Waals surface area (Å²) in [5.74, 6) is -0.963. The van der Waals surface area contributed by atoms with Crippen molar-refractivity contribution in [3.63, 3.8) is 0 Å². The molecule has 0 radical (unpaired) electrons. The second kappa shape index (κ2) is 8.21. The first-order valence-corrected chi connectivity index (χ1v) is 6.76. The Balaban J connectivity index is 2.35. The number of hydrogen-bond acceptors (Lipinski definition) is 2. The number of carbonyl (C=O) groups excluding carboxylic acids is 1. The van der Waals surface area contributed by atoms with Crippen molar-refractivity contribution in [2.45, 2.75) is 19.8 Å². The van der Waals surface area contributed by atoms with Gasteiger partial charge in [-0.05, 0) is 34.5 Å². The van der Waals surface area contributed by atoms with Crippen LogP contribution in [-0.4, -0.2) is 25.7 Å². The summed E-state index contributed by atoms with van der Waals surface area (Å²) in [5.41, 5.74) is 0.0398. The van der Waals surface area contributed by atoms with Crippen molar-refractivity contribution in [2.24, 2.45) is 0 Å². The summed E-state index contributed by atoms with van der Waals surface area (Å²) >= 11 is 3.04. The van der Waals surface area contributed by atoms with Crippen LogP contribution in [0.25, 0.3) is 0 Å². The van der Waals surface area contributed by atoms with E-state index in [-0.39, 0.29) is 10.0 Å². The maximum Gasteiger partial charge on any atom is 0.254 e. The Morgan fingerprint density at radius 2 is 2.22 bits per heavy atom. The molecule has 0 fully saturated rings. The van der Waals surface area contributed by atoms with Gasteiger partial charge in [-0.25, -0.2) is 4.39 Å². The molecule has 1 amide bonds. The average molecular weight is 318 g/mol. The Bertz CT molecular complexity index is 399. The molecule has 1 rings (SSSR count). The van der Waals surface area contributed by atoms with Gasteiger partial charge >= 0.3 is 0 Å². The molecule has 0 saturated carbocycles. The first-order chi connectivity index (χ1) is 8.66. The zero-order chi connectivity index (χ0) is 13.4. The van der Waals surface area contributed by atoms with E-state index in [1.807, 2.05) is 0 Å². The molecule has 0 aliphatic heterocycles. The Labute approximate surface area is 115 Å². The summed E-state index contributed by atoms with van der Waals surface area (Å²) in [6.07, 6.45) is 2.09. The van der Waals surface area contributed by atoms with Crippen molar-refractivity contribution < 1.29 is 13.9 Å². The molecule has 0 aliphatic carbocycles. The molecule has 18 heavy (non-hydrogen) atoms. The van der Waals surface area contributed by atoms with E-state index in [1.54, 1.807) is 12.1 Å². The number of benzene rings is 1. The largest absolute Gasteiger partial charge is 0.380 e. The van der Waals surface area contributed by atoms with Gasteiger partial charge in [0.25, 0.3) is 5.91 Å². The molecule has 0 aliphatic rings. The Morgan fingerprint density at radius 1 is 1.44 bits per heavy atom. The third-order valence-corrected chi connectivity index (χ3v) is 2.98. The first-order valence-electron chi connectivity index (χ1n) is 5.96. The number of carbonyl (C=O) groups is 1. The standard InChI is InChI=1S/C13H17BrFNO2/c1-2-3-8-18-9-7-16-13(17)10-5-4-6-11(14)12(10)15/h4-6H,2-3,7-9H2,1H3,(H,16,17). The van der Waals surface area contributed by atoms with Crippen LogP contribution in [0.15, 0.2) is 22.7 Å². The van der Waals surface area contributed by atoms with Crippen molar-refractivity contribution in [2.75, 3.05) is 19.8 Å². The van der Waals surface area contributed by atoms with Gasteiger partial charge in [0.2, 0.25) is 0 Å². The molecule has 1 aromatic carbocycles. The van der Waals surface area contributed by atoms with E-state index in [0.29, 0.717) is 19.8 Å². The van der Waals surface area contributed by atoms with Gasteiger partial charge in [-0.1, -0.05) is 19.4 Å². The summed E-state index contributed by atoms with van der Waals surface area (Å²) in [4.78, 5) is 11.7. The van der Waals surface area contributed by atoms with E-state index >= 15 is 0 Å². The molecule has 0 saturated heterocycles. The minimum atomic E-state index is -0.540. The van der Waals surface area contributed by atoms with Crippen molar-refractivity contribution >= 4 is 21.8 Å². The predicted octanol–water partition coefficient (Wildman–Crippen LogP) is 3.13. The Morgan fingerprint density at radius 3 is 2.94 bits per heavy atom. The van der Waals surface area contributed by atoms with Crippen molar-refractivity contribution in [3.8, 4) is 0 Å². The van der Waals surface area contributed by atoms with Crippen LogP contribution in [0.4, 0.5) is 4.39 Å². The van der Waals surface area contributed by atoms with Gasteiger partial charge in [-0.2, -0.15) is 0 Å². The number of hydrogen-bond donors (Lipinski definition) is 1. The molecule has 1 N–H and O–H groups in total. The van der Waals surface area contributed by atoms with Crippen LogP contribution in [-0.2, 0) is 4.74 Å². The van der Waals surface area contributed by atoms with Gasteiger partial charge in [0.1, 0.15) is 5.82 Å². The van der Waals surface area contributed by atoms with Crippen LogP contribution < -0.4 is 5.32 Å². The number of nitrogens with one attached hydrogen (secondary N) is 1. The summed E-state index contributed by atoms with van der Waals surface area (Å²) in [7, 11) is 0. The Kier molecular flexibility index (Phi) is 6.90. The highest BCUT2D eigenvalue weighted by molar-refractivity contribution is 9.10. The molecule has 0 spiro atoms. The van der Waals surface area contributed by atoms with Gasteiger partial charge in [0.15, 0.2) is 0 Å². The quantitative estimate of drug-likeness (QED) is 0.785. The fourth-order valence-corrected chi connectivity index (χ4v) is 1.73. The van der Waals surface area contributed by atoms with Gasteiger partial charge < -0.3 is 10.1 Å². The summed E-state index contributed by atoms with van der Waals surface area (Å²) in [6.45, 7) is 3.61. The number of amides is 1. The summed E-state index contributed by atoms with van der Waals surface area (Å²) in [5, 5.41) is 2.62. The lowest BCUT2D eigenvalue weighted by atomic mass is 10.2. The van der Waals surface area contributed by atoms with Crippen molar-refractivity contribution in [3.05, 3.63) is 34.1 Å². The van der Waals surface area contributed by atoms with Crippen LogP contribution >= 0.6 is 15.9 Å². The molecule has 0 aromatic heterocycles. The van der Waals surface area contributed by atoms with Crippen LogP contribution in [0.2, 0.25) is 0 Å². The van der Waals surface area contributed by atoms with Crippen molar-refractivity contribution in [1.29, 1.82) is 0 Å². The molecular weight excluding hydrogens is 301 g/mol. The molecule has 5 heteroatoms. The Hall–Kier alpha value is -0.940. The molecule has 0 heterocycles. The highest BCUT2D eigenvalue weighted by Gasteiger charge is 2.12. The number of unbranched alkanes of at least 4 members (excludes halogenated alkanes) is 1. The summed E-state index contributed by atoms with van der Waals surface area (Å²) in [6, 6.07) is 4.63. The van der Waals surface area contributed by atoms with E-state index in [2.05, 4.69) is 28.2 Å². The monoisotopic (exact) mass is 317 g/mol. The van der Waals surface area contributed by atoms with Crippen molar-refractivity contribution in [1.82, 2.24) is 5.32 Å². The van der Waals surface area contributed by atoms with Crippen LogP contribution in [0.3, 0.4) is 0 Å². The molecule has 0 unspecified atom stereocenters. The minimum absolute atomic E-state index is 0.0398. The van der Waals surface area contributed by atoms with E-state index in [4.69, 9.17) is 4.74 Å². The third-order valence-electron chi connectivity index (χ3n) is 2.37. The zero-order valence-electron chi connectivity index (χ0n) is 10.3. The topological polar surface area (TPSA) is 38.3 Å². The fraction of sp³-hybridized carbons (Fsp3) is 0.462. The second-order valence-corrected chi connectivity index (χ2v) is 4.68. The van der Waals surface area contributed by atoms with Gasteiger partial charge in [0.05, 0.1) is 16.6 Å². The number of halogens is 2. The SMILES string of the molecule is CCCCOCCNC(=O)c1cccc(Br)c1F. The smallest absolute Gasteiger partial charge is 0.254 e. The van der Waals surface area contributed by atoms with Crippen LogP contribution in [0.1, 0.15) is 30.1 Å². The van der Waals surface area contributed by atoms with E-state index in [9.17, 15) is 9.18 Å². The number of rotatable bonds is 7. The fourth-order valence-electron chi connectivity index (χ4n) is 1.36. The lowest BCUT2D eigenvalue weighted by Crippen LogP contribution is -2.28. The molecule has 1 aromatic rings. The molecule has 3 nitrogen and oxygen atoms in total. The third kappa shape index (κ3) is 4.74. The predicted molar refractivity (Wildman–Crippen MR) is 72.2 cm³/mol. The maximum atomic E-state index is 13.6. The zero-order valence-corrected chi connectivity index (χ0v) is 11.9. The molecule has 0 bridgehead atoms. The summed E-state index contributed by atoms with van der Waals surface area (Å²) < 4.78 is 19.2. The first kappa shape index (κ1) is 15.1. The maximum absolute atomic E-state index is 13.6. The second-order valence-electron chi connectivity index (χ2n) is 3.82. The van der Waals surface area contributed by atoms with Gasteiger partial charge in [0, 0.05) is 13.2 Å². The lowest BCUT2D eigenvalue weighted by molar-refractivity contribution is 0.0909. The minimum Gasteiger partial charge on any atom is -0.380 e. The van der Waals surface area contributed by atoms with Gasteiger partial charge in [-0.3, -0.25) is 4.79 Å². The normalized spacial score (nSPS) is 10.4.